The molecule has 0 saturated carbocycles. The maximum atomic E-state index is 11.3. The Kier molecular flexibility index (Phi) is 2.98. The van der Waals surface area contributed by atoms with Crippen LogP contribution < -0.4 is 5.73 Å². The molecule has 17 heavy (non-hydrogen) atoms. The average molecular weight is 350 g/mol. The molecule has 1 aliphatic heterocycles. The van der Waals surface area contributed by atoms with Crippen LogP contribution in [-0.4, -0.2) is 37.8 Å². The molecule has 1 aromatic heterocycles. The van der Waals surface area contributed by atoms with E-state index in [-0.39, 0.29) is 12.6 Å². The number of carbonyl (C=O) groups is 2. The number of fused-ring (bicyclic) bond motifs is 1. The standard InChI is InChI=1S/C9H11IN4O3/c1-4-2-14-5(3-13(4)9(16)17)6(8(11)15)7(10)12-14/h4H,2-3H2,1H3,(H2,11,15)(H,16,17). The quantitative estimate of drug-likeness (QED) is 0.719. The second-order valence-electron chi connectivity index (χ2n) is 3.92. The van der Waals surface area contributed by atoms with Gasteiger partial charge >= 0.3 is 6.09 Å². The van der Waals surface area contributed by atoms with Crippen LogP contribution in [0.15, 0.2) is 0 Å². The number of rotatable bonds is 1. The van der Waals surface area contributed by atoms with E-state index in [1.54, 1.807) is 11.6 Å². The van der Waals surface area contributed by atoms with Crippen LogP contribution in [0.4, 0.5) is 4.79 Å². The van der Waals surface area contributed by atoms with E-state index in [0.717, 1.165) is 0 Å². The zero-order valence-electron chi connectivity index (χ0n) is 9.05. The van der Waals surface area contributed by atoms with Gasteiger partial charge in [-0.25, -0.2) is 4.79 Å². The molecule has 7 nitrogen and oxygen atoms in total. The van der Waals surface area contributed by atoms with Gasteiger partial charge in [0.25, 0.3) is 5.91 Å². The lowest BCUT2D eigenvalue weighted by Gasteiger charge is -2.31. The minimum absolute atomic E-state index is 0.144. The van der Waals surface area contributed by atoms with Gasteiger partial charge in [-0.3, -0.25) is 14.4 Å². The zero-order chi connectivity index (χ0) is 12.7. The lowest BCUT2D eigenvalue weighted by molar-refractivity contribution is 0.0969. The number of aromatic nitrogens is 2. The molecule has 2 amide bonds. The molecule has 1 aromatic rings. The van der Waals surface area contributed by atoms with Crippen LogP contribution in [0, 0.1) is 3.70 Å². The van der Waals surface area contributed by atoms with Crippen molar-refractivity contribution in [3.8, 4) is 0 Å². The van der Waals surface area contributed by atoms with Crippen molar-refractivity contribution < 1.29 is 14.7 Å². The first kappa shape index (κ1) is 12.1. The Bertz CT molecular complexity index is 499. The third-order valence-corrected chi connectivity index (χ3v) is 3.55. The lowest BCUT2D eigenvalue weighted by Crippen LogP contribution is -2.44. The van der Waals surface area contributed by atoms with Crippen molar-refractivity contribution in [2.45, 2.75) is 26.1 Å². The Hall–Kier alpha value is -1.32. The van der Waals surface area contributed by atoms with Crippen molar-refractivity contribution in [2.75, 3.05) is 0 Å². The number of hydrogen-bond donors (Lipinski definition) is 2. The summed E-state index contributed by atoms with van der Waals surface area (Å²) in [6, 6.07) is -0.170. The Morgan fingerprint density at radius 3 is 2.76 bits per heavy atom. The fraction of sp³-hybridized carbons (Fsp3) is 0.444. The molecule has 92 valence electrons. The SMILES string of the molecule is CC1Cn2nc(I)c(C(N)=O)c2CN1C(=O)O. The van der Waals surface area contributed by atoms with Gasteiger partial charge in [-0.2, -0.15) is 5.10 Å². The van der Waals surface area contributed by atoms with Crippen LogP contribution in [-0.2, 0) is 13.1 Å². The minimum atomic E-state index is -1.00. The summed E-state index contributed by atoms with van der Waals surface area (Å²) >= 11 is 1.93. The molecule has 0 aliphatic carbocycles. The van der Waals surface area contributed by atoms with Crippen molar-refractivity contribution in [3.63, 3.8) is 0 Å². The second-order valence-corrected chi connectivity index (χ2v) is 4.94. The van der Waals surface area contributed by atoms with Gasteiger partial charge in [-0.15, -0.1) is 0 Å². The summed E-state index contributed by atoms with van der Waals surface area (Å²) < 4.78 is 2.18. The van der Waals surface area contributed by atoms with E-state index < -0.39 is 12.0 Å². The van der Waals surface area contributed by atoms with E-state index in [2.05, 4.69) is 5.10 Å². The second kappa shape index (κ2) is 4.17. The molecule has 1 unspecified atom stereocenters. The average Bonchev–Trinajstić information content (AvgIpc) is 2.51. The molecule has 2 rings (SSSR count). The van der Waals surface area contributed by atoms with E-state index in [1.165, 1.54) is 4.90 Å². The highest BCUT2D eigenvalue weighted by Crippen LogP contribution is 2.23. The third-order valence-electron chi connectivity index (χ3n) is 2.80. The van der Waals surface area contributed by atoms with E-state index >= 15 is 0 Å². The number of nitrogens with zero attached hydrogens (tertiary/aromatic N) is 3. The van der Waals surface area contributed by atoms with E-state index in [4.69, 9.17) is 10.8 Å². The van der Waals surface area contributed by atoms with E-state index in [9.17, 15) is 9.59 Å². The summed E-state index contributed by atoms with van der Waals surface area (Å²) in [5, 5.41) is 13.2. The normalized spacial score (nSPS) is 18.9. The van der Waals surface area contributed by atoms with Gasteiger partial charge in [0.2, 0.25) is 0 Å². The molecule has 0 saturated heterocycles. The van der Waals surface area contributed by atoms with Crippen molar-refractivity contribution in [1.82, 2.24) is 14.7 Å². The highest BCUT2D eigenvalue weighted by molar-refractivity contribution is 14.1. The molecular weight excluding hydrogens is 339 g/mol. The van der Waals surface area contributed by atoms with Crippen LogP contribution >= 0.6 is 22.6 Å². The van der Waals surface area contributed by atoms with Gasteiger partial charge < -0.3 is 10.8 Å². The van der Waals surface area contributed by atoms with Crippen LogP contribution in [0.1, 0.15) is 23.0 Å². The zero-order valence-corrected chi connectivity index (χ0v) is 11.2. The fourth-order valence-electron chi connectivity index (χ4n) is 1.94. The van der Waals surface area contributed by atoms with Gasteiger partial charge in [-0.1, -0.05) is 0 Å². The van der Waals surface area contributed by atoms with E-state index in [1.807, 2.05) is 22.6 Å². The predicted octanol–water partition coefficient (Wildman–Crippen LogP) is 0.469. The number of carbonyl (C=O) groups excluding carboxylic acids is 1. The largest absolute Gasteiger partial charge is 0.465 e. The van der Waals surface area contributed by atoms with Gasteiger partial charge in [0.05, 0.1) is 30.4 Å². The lowest BCUT2D eigenvalue weighted by atomic mass is 10.1. The van der Waals surface area contributed by atoms with Gasteiger partial charge in [0.15, 0.2) is 0 Å². The molecule has 0 spiro atoms. The monoisotopic (exact) mass is 350 g/mol. The third kappa shape index (κ3) is 1.96. The first-order valence-corrected chi connectivity index (χ1v) is 6.04. The van der Waals surface area contributed by atoms with Crippen LogP contribution in [0.3, 0.4) is 0 Å². The molecule has 1 atom stereocenters. The molecule has 0 aromatic carbocycles. The maximum absolute atomic E-state index is 11.3. The molecular formula is C9H11IN4O3. The molecule has 0 fully saturated rings. The predicted molar refractivity (Wildman–Crippen MR) is 66.5 cm³/mol. The number of primary amides is 1. The summed E-state index contributed by atoms with van der Waals surface area (Å²) in [6.07, 6.45) is -1.00. The van der Waals surface area contributed by atoms with Crippen molar-refractivity contribution in [1.29, 1.82) is 0 Å². The van der Waals surface area contributed by atoms with Crippen molar-refractivity contribution >= 4 is 34.6 Å². The molecule has 2 heterocycles. The maximum Gasteiger partial charge on any atom is 0.407 e. The number of amides is 2. The number of hydrogen-bond acceptors (Lipinski definition) is 3. The highest BCUT2D eigenvalue weighted by Gasteiger charge is 2.31. The van der Waals surface area contributed by atoms with Gasteiger partial charge in [-0.05, 0) is 29.5 Å². The highest BCUT2D eigenvalue weighted by atomic mass is 127. The fourth-order valence-corrected chi connectivity index (χ4v) is 2.78. The molecule has 3 N–H and O–H groups in total. The summed E-state index contributed by atoms with van der Waals surface area (Å²) in [7, 11) is 0. The number of halogens is 1. The molecule has 0 bridgehead atoms. The summed E-state index contributed by atoms with van der Waals surface area (Å²) in [5.41, 5.74) is 6.17. The Balaban J connectivity index is 2.47. The minimum Gasteiger partial charge on any atom is -0.465 e. The summed E-state index contributed by atoms with van der Waals surface area (Å²) in [6.45, 7) is 2.38. The molecule has 8 heteroatoms. The van der Waals surface area contributed by atoms with Gasteiger partial charge in [0, 0.05) is 0 Å². The first-order valence-electron chi connectivity index (χ1n) is 4.96. The van der Waals surface area contributed by atoms with Crippen molar-refractivity contribution in [2.24, 2.45) is 5.73 Å². The topological polar surface area (TPSA) is 101 Å². The summed E-state index contributed by atoms with van der Waals surface area (Å²) in [4.78, 5) is 23.6. The van der Waals surface area contributed by atoms with Crippen molar-refractivity contribution in [3.05, 3.63) is 15.0 Å². The molecule has 0 radical (unpaired) electrons. The Labute approximate surface area is 111 Å². The Morgan fingerprint density at radius 1 is 1.59 bits per heavy atom. The number of nitrogens with two attached hydrogens (primary N) is 1. The van der Waals surface area contributed by atoms with Gasteiger partial charge in [0.1, 0.15) is 3.70 Å². The van der Waals surface area contributed by atoms with Crippen LogP contribution in [0.25, 0.3) is 0 Å². The number of carboxylic acid groups (broad SMARTS) is 1. The smallest absolute Gasteiger partial charge is 0.407 e. The molecule has 1 aliphatic rings. The van der Waals surface area contributed by atoms with Crippen LogP contribution in [0.2, 0.25) is 0 Å². The summed E-state index contributed by atoms with van der Waals surface area (Å²) in [5.74, 6) is -0.574. The Morgan fingerprint density at radius 2 is 2.24 bits per heavy atom. The van der Waals surface area contributed by atoms with E-state index in [0.29, 0.717) is 21.5 Å². The first-order chi connectivity index (χ1) is 7.91. The van der Waals surface area contributed by atoms with Crippen LogP contribution in [0.5, 0.6) is 0 Å².